The van der Waals surface area contributed by atoms with Gasteiger partial charge in [0.25, 0.3) is 0 Å². The lowest BCUT2D eigenvalue weighted by atomic mass is 9.93. The van der Waals surface area contributed by atoms with Crippen molar-refractivity contribution in [3.05, 3.63) is 48.0 Å². The molecule has 1 heterocycles. The second kappa shape index (κ2) is 10.1. The normalized spacial score (nSPS) is 17.1. The fourth-order valence-corrected chi connectivity index (χ4v) is 3.20. The molecule has 1 fully saturated rings. The molecule has 0 spiro atoms. The molecule has 1 atom stereocenters. The Morgan fingerprint density at radius 1 is 1.17 bits per heavy atom. The van der Waals surface area contributed by atoms with E-state index in [2.05, 4.69) is 16.8 Å². The molecule has 0 radical (unpaired) electrons. The van der Waals surface area contributed by atoms with Crippen LogP contribution in [0.3, 0.4) is 0 Å². The zero-order valence-electron chi connectivity index (χ0n) is 13.8. The van der Waals surface area contributed by atoms with Gasteiger partial charge in [-0.25, -0.2) is 0 Å². The summed E-state index contributed by atoms with van der Waals surface area (Å²) >= 11 is 0. The number of alkyl halides is 3. The minimum Gasteiger partial charge on any atom is -0.314 e. The number of benzene rings is 1. The topological polar surface area (TPSA) is 15.3 Å². The van der Waals surface area contributed by atoms with Crippen LogP contribution in [0.2, 0.25) is 0 Å². The van der Waals surface area contributed by atoms with Crippen molar-refractivity contribution in [3.8, 4) is 0 Å². The van der Waals surface area contributed by atoms with Crippen LogP contribution in [0, 0.1) is 0 Å². The Morgan fingerprint density at radius 2 is 1.83 bits per heavy atom. The summed E-state index contributed by atoms with van der Waals surface area (Å²) in [6.45, 7) is 6.95. The van der Waals surface area contributed by atoms with Crippen LogP contribution in [0.4, 0.5) is 13.2 Å². The van der Waals surface area contributed by atoms with E-state index in [9.17, 15) is 13.2 Å². The predicted molar refractivity (Wildman–Crippen MR) is 94.5 cm³/mol. The Bertz CT molecular complexity index is 499. The van der Waals surface area contributed by atoms with Crippen molar-refractivity contribution < 1.29 is 13.2 Å². The summed E-state index contributed by atoms with van der Waals surface area (Å²) < 4.78 is 40.1. The summed E-state index contributed by atoms with van der Waals surface area (Å²) in [4.78, 5) is 2.19. The monoisotopic (exact) mass is 362 g/mol. The number of nitrogens with zero attached hydrogens (tertiary/aromatic N) is 1. The van der Waals surface area contributed by atoms with Gasteiger partial charge in [0.2, 0.25) is 0 Å². The maximum Gasteiger partial charge on any atom is 0.416 e. The smallest absolute Gasteiger partial charge is 0.314 e. The number of hydrogen-bond donors (Lipinski definition) is 1. The van der Waals surface area contributed by atoms with Crippen molar-refractivity contribution in [2.24, 2.45) is 0 Å². The highest BCUT2D eigenvalue weighted by Crippen LogP contribution is 2.38. The Labute approximate surface area is 148 Å². The lowest BCUT2D eigenvalue weighted by Crippen LogP contribution is -2.45. The lowest BCUT2D eigenvalue weighted by molar-refractivity contribution is -0.138. The van der Waals surface area contributed by atoms with Gasteiger partial charge < -0.3 is 5.32 Å². The van der Waals surface area contributed by atoms with Crippen LogP contribution in [0.5, 0.6) is 0 Å². The third-order valence-electron chi connectivity index (χ3n) is 4.35. The van der Waals surface area contributed by atoms with Gasteiger partial charge in [-0.15, -0.1) is 19.0 Å². The number of nitrogens with one attached hydrogen (secondary N) is 1. The van der Waals surface area contributed by atoms with Crippen molar-refractivity contribution in [2.75, 3.05) is 26.2 Å². The summed E-state index contributed by atoms with van der Waals surface area (Å²) in [5.74, 6) is 0. The molecule has 0 aromatic heterocycles. The maximum atomic E-state index is 13.4. The molecule has 1 aliphatic rings. The standard InChI is InChI=1S/C18H25F3N2.ClH/c1-2-3-4-5-10-17(23-13-11-22-12-14-23)15-8-6-7-9-16(15)18(19,20)21;/h2,6-9,17,22H,1,3-5,10-14H2;1H/t17-;/m1./s1. The van der Waals surface area contributed by atoms with Crippen molar-refractivity contribution in [1.29, 1.82) is 0 Å². The molecule has 1 aromatic rings. The van der Waals surface area contributed by atoms with Crippen LogP contribution in [-0.2, 0) is 6.18 Å². The largest absolute Gasteiger partial charge is 0.416 e. The summed E-state index contributed by atoms with van der Waals surface area (Å²) in [5, 5.41) is 3.27. The minimum atomic E-state index is -4.30. The zero-order chi connectivity index (χ0) is 16.7. The molecule has 6 heteroatoms. The number of allylic oxidation sites excluding steroid dienone is 1. The highest BCUT2D eigenvalue weighted by Gasteiger charge is 2.36. The molecular weight excluding hydrogens is 337 g/mol. The molecule has 2 rings (SSSR count). The average Bonchev–Trinajstić information content (AvgIpc) is 2.55. The predicted octanol–water partition coefficient (Wildman–Crippen LogP) is 4.82. The SMILES string of the molecule is C=CCCCC[C@H](c1ccccc1C(F)(F)F)N1CCNCC1.Cl. The first-order chi connectivity index (χ1) is 11.0. The van der Waals surface area contributed by atoms with Crippen LogP contribution in [0.1, 0.15) is 42.9 Å². The highest BCUT2D eigenvalue weighted by molar-refractivity contribution is 5.85. The molecule has 1 aliphatic heterocycles. The fraction of sp³-hybridized carbons (Fsp3) is 0.556. The van der Waals surface area contributed by atoms with Crippen LogP contribution < -0.4 is 5.32 Å². The van der Waals surface area contributed by atoms with Crippen molar-refractivity contribution in [1.82, 2.24) is 10.2 Å². The number of halogens is 4. The van der Waals surface area contributed by atoms with Crippen molar-refractivity contribution in [3.63, 3.8) is 0 Å². The molecule has 0 saturated carbocycles. The van der Waals surface area contributed by atoms with E-state index in [1.807, 2.05) is 6.08 Å². The van der Waals surface area contributed by atoms with E-state index in [0.717, 1.165) is 51.9 Å². The summed E-state index contributed by atoms with van der Waals surface area (Å²) in [6.07, 6.45) is 1.11. The second-order valence-electron chi connectivity index (χ2n) is 5.96. The van der Waals surface area contributed by atoms with Gasteiger partial charge in [-0.2, -0.15) is 13.2 Å². The highest BCUT2D eigenvalue weighted by atomic mass is 35.5. The molecule has 0 bridgehead atoms. The van der Waals surface area contributed by atoms with E-state index in [0.29, 0.717) is 5.56 Å². The maximum absolute atomic E-state index is 13.4. The first kappa shape index (κ1) is 21.0. The van der Waals surface area contributed by atoms with E-state index >= 15 is 0 Å². The van der Waals surface area contributed by atoms with E-state index in [1.54, 1.807) is 12.1 Å². The number of piperazine rings is 1. The molecule has 1 aromatic carbocycles. The van der Waals surface area contributed by atoms with Gasteiger partial charge in [-0.05, 0) is 30.9 Å². The van der Waals surface area contributed by atoms with E-state index in [4.69, 9.17) is 0 Å². The fourth-order valence-electron chi connectivity index (χ4n) is 3.20. The van der Waals surface area contributed by atoms with Gasteiger partial charge in [-0.3, -0.25) is 4.90 Å². The van der Waals surface area contributed by atoms with Crippen LogP contribution in [0.15, 0.2) is 36.9 Å². The molecule has 24 heavy (non-hydrogen) atoms. The second-order valence-corrected chi connectivity index (χ2v) is 5.96. The summed E-state index contributed by atoms with van der Waals surface area (Å²) in [7, 11) is 0. The zero-order valence-corrected chi connectivity index (χ0v) is 14.6. The molecule has 1 saturated heterocycles. The molecule has 0 amide bonds. The average molecular weight is 363 g/mol. The van der Waals surface area contributed by atoms with Gasteiger partial charge >= 0.3 is 6.18 Å². The van der Waals surface area contributed by atoms with Gasteiger partial charge in [0.1, 0.15) is 0 Å². The lowest BCUT2D eigenvalue weighted by Gasteiger charge is -2.36. The minimum absolute atomic E-state index is 0. The van der Waals surface area contributed by atoms with Crippen molar-refractivity contribution in [2.45, 2.75) is 37.9 Å². The van der Waals surface area contributed by atoms with Crippen LogP contribution in [0.25, 0.3) is 0 Å². The number of rotatable bonds is 7. The summed E-state index contributed by atoms with van der Waals surface area (Å²) in [6, 6.07) is 5.86. The first-order valence-corrected chi connectivity index (χ1v) is 8.26. The van der Waals surface area contributed by atoms with E-state index < -0.39 is 11.7 Å². The third kappa shape index (κ3) is 5.80. The summed E-state index contributed by atoms with van der Waals surface area (Å²) in [5.41, 5.74) is -0.0762. The van der Waals surface area contributed by atoms with E-state index in [-0.39, 0.29) is 18.4 Å². The quantitative estimate of drug-likeness (QED) is 0.552. The van der Waals surface area contributed by atoms with Gasteiger partial charge in [0.05, 0.1) is 5.56 Å². The van der Waals surface area contributed by atoms with Crippen LogP contribution >= 0.6 is 12.4 Å². The molecule has 1 N–H and O–H groups in total. The Hall–Kier alpha value is -1.04. The van der Waals surface area contributed by atoms with Gasteiger partial charge in [-0.1, -0.05) is 30.7 Å². The van der Waals surface area contributed by atoms with Gasteiger partial charge in [0, 0.05) is 32.2 Å². The number of hydrogen-bond acceptors (Lipinski definition) is 2. The van der Waals surface area contributed by atoms with Crippen LogP contribution in [-0.4, -0.2) is 31.1 Å². The molecule has 0 unspecified atom stereocenters. The Morgan fingerprint density at radius 3 is 2.46 bits per heavy atom. The molecule has 2 nitrogen and oxygen atoms in total. The Kier molecular flexibility index (Phi) is 8.81. The number of unbranched alkanes of at least 4 members (excludes halogenated alkanes) is 2. The van der Waals surface area contributed by atoms with Crippen molar-refractivity contribution >= 4 is 12.4 Å². The van der Waals surface area contributed by atoms with Gasteiger partial charge in [0.15, 0.2) is 0 Å². The van der Waals surface area contributed by atoms with E-state index in [1.165, 1.54) is 12.1 Å². The molecular formula is C18H26ClF3N2. The molecule has 136 valence electrons. The first-order valence-electron chi connectivity index (χ1n) is 8.26. The Balaban J connectivity index is 0.00000288. The third-order valence-corrected chi connectivity index (χ3v) is 4.35. The molecule has 0 aliphatic carbocycles.